The maximum absolute atomic E-state index is 9.78. The van der Waals surface area contributed by atoms with E-state index in [1.54, 1.807) is 0 Å². The van der Waals surface area contributed by atoms with Gasteiger partial charge in [-0.05, 0) is 24.4 Å². The fourth-order valence-corrected chi connectivity index (χ4v) is 2.30. The van der Waals surface area contributed by atoms with Crippen LogP contribution in [0.25, 0.3) is 0 Å². The van der Waals surface area contributed by atoms with E-state index in [-0.39, 0.29) is 0 Å². The molecule has 1 atom stereocenters. The molecule has 19 heavy (non-hydrogen) atoms. The van der Waals surface area contributed by atoms with Gasteiger partial charge in [-0.15, -0.1) is 0 Å². The van der Waals surface area contributed by atoms with Crippen molar-refractivity contribution in [3.8, 4) is 0 Å². The van der Waals surface area contributed by atoms with E-state index in [0.717, 1.165) is 18.0 Å². The number of rotatable bonds is 9. The van der Waals surface area contributed by atoms with Gasteiger partial charge in [0.05, 0.1) is 19.3 Å². The predicted octanol–water partition coefficient (Wildman–Crippen LogP) is 2.34. The van der Waals surface area contributed by atoms with Crippen LogP contribution in [0.4, 0.5) is 0 Å². The van der Waals surface area contributed by atoms with Crippen LogP contribution < -0.4 is 5.32 Å². The third-order valence-corrected chi connectivity index (χ3v) is 3.76. The maximum Gasteiger partial charge on any atom is 0.0897 e. The van der Waals surface area contributed by atoms with Crippen molar-refractivity contribution >= 4 is 0 Å². The quantitative estimate of drug-likeness (QED) is 0.672. The van der Waals surface area contributed by atoms with Crippen molar-refractivity contribution in [1.29, 1.82) is 0 Å². The summed E-state index contributed by atoms with van der Waals surface area (Å²) in [5, 5.41) is 13.1. The van der Waals surface area contributed by atoms with E-state index in [9.17, 15) is 5.11 Å². The number of nitrogens with one attached hydrogen (secondary N) is 1. The average molecular weight is 263 g/mol. The highest BCUT2D eigenvalue weighted by atomic mass is 16.5. The molecule has 0 radical (unpaired) electrons. The minimum Gasteiger partial charge on any atom is -0.389 e. The van der Waals surface area contributed by atoms with E-state index >= 15 is 0 Å². The van der Waals surface area contributed by atoms with Gasteiger partial charge in [-0.3, -0.25) is 0 Å². The van der Waals surface area contributed by atoms with Gasteiger partial charge in [0, 0.05) is 6.54 Å². The van der Waals surface area contributed by atoms with Crippen molar-refractivity contribution in [1.82, 2.24) is 5.32 Å². The van der Waals surface area contributed by atoms with Crippen LogP contribution in [-0.4, -0.2) is 30.9 Å². The molecule has 0 bridgehead atoms. The molecule has 1 unspecified atom stereocenters. The smallest absolute Gasteiger partial charge is 0.0897 e. The highest BCUT2D eigenvalue weighted by Crippen LogP contribution is 2.28. The van der Waals surface area contributed by atoms with Crippen LogP contribution >= 0.6 is 0 Å². The number of hydrogen-bond acceptors (Lipinski definition) is 3. The molecule has 106 valence electrons. The average Bonchev–Trinajstić information content (AvgIpc) is 2.37. The topological polar surface area (TPSA) is 41.5 Å². The van der Waals surface area contributed by atoms with Crippen molar-refractivity contribution in [3.63, 3.8) is 0 Å². The molecular formula is C16H25NO2. The minimum atomic E-state index is -0.412. The van der Waals surface area contributed by atoms with E-state index < -0.39 is 6.10 Å². The minimum absolute atomic E-state index is 0.394. The van der Waals surface area contributed by atoms with Gasteiger partial charge in [-0.25, -0.2) is 0 Å². The largest absolute Gasteiger partial charge is 0.389 e. The maximum atomic E-state index is 9.78. The lowest BCUT2D eigenvalue weighted by molar-refractivity contribution is 0.0287. The molecule has 3 nitrogen and oxygen atoms in total. The van der Waals surface area contributed by atoms with Crippen LogP contribution in [0, 0.1) is 5.92 Å². The van der Waals surface area contributed by atoms with Crippen LogP contribution in [0.3, 0.4) is 0 Å². The second-order valence-electron chi connectivity index (χ2n) is 5.44. The lowest BCUT2D eigenvalue weighted by Gasteiger charge is -2.25. The standard InChI is InChI=1S/C16H25NO2/c18-16(11-17-10-9-14-7-4-8-14)13-19-12-15-5-2-1-3-6-15/h1-3,5-6,14,16-18H,4,7-13H2. The molecule has 0 spiro atoms. The van der Waals surface area contributed by atoms with Crippen LogP contribution in [-0.2, 0) is 11.3 Å². The Kier molecular flexibility index (Phi) is 6.34. The highest BCUT2D eigenvalue weighted by Gasteiger charge is 2.16. The molecule has 0 aliphatic heterocycles. The second kappa shape index (κ2) is 8.31. The van der Waals surface area contributed by atoms with Gasteiger partial charge in [-0.2, -0.15) is 0 Å². The second-order valence-corrected chi connectivity index (χ2v) is 5.44. The molecule has 2 N–H and O–H groups in total. The molecule has 1 aromatic rings. The Morgan fingerprint density at radius 2 is 2.05 bits per heavy atom. The van der Waals surface area contributed by atoms with Gasteiger partial charge in [0.1, 0.15) is 0 Å². The number of ether oxygens (including phenoxy) is 1. The Morgan fingerprint density at radius 1 is 1.26 bits per heavy atom. The van der Waals surface area contributed by atoms with Crippen molar-refractivity contribution in [3.05, 3.63) is 35.9 Å². The summed E-state index contributed by atoms with van der Waals surface area (Å²) in [6.07, 6.45) is 5.03. The fraction of sp³-hybridized carbons (Fsp3) is 0.625. The van der Waals surface area contributed by atoms with Gasteiger partial charge in [-0.1, -0.05) is 49.6 Å². The third kappa shape index (κ3) is 5.72. The number of aliphatic hydroxyl groups is 1. The van der Waals surface area contributed by atoms with E-state index in [0.29, 0.717) is 19.8 Å². The Bertz CT molecular complexity index is 338. The van der Waals surface area contributed by atoms with Gasteiger partial charge < -0.3 is 15.2 Å². The van der Waals surface area contributed by atoms with Crippen LogP contribution in [0.2, 0.25) is 0 Å². The summed E-state index contributed by atoms with van der Waals surface area (Å²) in [5.74, 6) is 0.930. The monoisotopic (exact) mass is 263 g/mol. The molecule has 0 amide bonds. The van der Waals surface area contributed by atoms with Gasteiger partial charge >= 0.3 is 0 Å². The molecular weight excluding hydrogens is 238 g/mol. The molecule has 1 fully saturated rings. The highest BCUT2D eigenvalue weighted by molar-refractivity contribution is 5.13. The zero-order valence-corrected chi connectivity index (χ0v) is 11.6. The summed E-state index contributed by atoms with van der Waals surface area (Å²) in [6, 6.07) is 10.0. The normalized spacial score (nSPS) is 17.1. The molecule has 0 aromatic heterocycles. The van der Waals surface area contributed by atoms with Gasteiger partial charge in [0.15, 0.2) is 0 Å². The molecule has 0 saturated heterocycles. The van der Waals surface area contributed by atoms with E-state index in [4.69, 9.17) is 4.74 Å². The van der Waals surface area contributed by atoms with Crippen LogP contribution in [0.5, 0.6) is 0 Å². The molecule has 1 aliphatic carbocycles. The fourth-order valence-electron chi connectivity index (χ4n) is 2.30. The zero-order valence-electron chi connectivity index (χ0n) is 11.6. The van der Waals surface area contributed by atoms with Crippen molar-refractivity contribution < 1.29 is 9.84 Å². The Labute approximate surface area is 116 Å². The van der Waals surface area contributed by atoms with E-state index in [1.165, 1.54) is 25.7 Å². The van der Waals surface area contributed by atoms with Gasteiger partial charge in [0.25, 0.3) is 0 Å². The summed E-state index contributed by atoms with van der Waals surface area (Å²) < 4.78 is 5.50. The first-order valence-corrected chi connectivity index (χ1v) is 7.35. The Hall–Kier alpha value is -0.900. The molecule has 0 heterocycles. The number of hydrogen-bond donors (Lipinski definition) is 2. The molecule has 1 aromatic carbocycles. The first-order valence-electron chi connectivity index (χ1n) is 7.35. The van der Waals surface area contributed by atoms with E-state index in [1.807, 2.05) is 30.3 Å². The lowest BCUT2D eigenvalue weighted by Crippen LogP contribution is -2.32. The number of aliphatic hydroxyl groups excluding tert-OH is 1. The first kappa shape index (κ1) is 14.5. The van der Waals surface area contributed by atoms with Crippen molar-refractivity contribution in [2.45, 2.75) is 38.4 Å². The Balaban J connectivity index is 1.46. The lowest BCUT2D eigenvalue weighted by atomic mass is 9.83. The summed E-state index contributed by atoms with van der Waals surface area (Å²) >= 11 is 0. The predicted molar refractivity (Wildman–Crippen MR) is 76.9 cm³/mol. The summed E-state index contributed by atoms with van der Waals surface area (Å²) in [4.78, 5) is 0. The summed E-state index contributed by atoms with van der Waals surface area (Å²) in [5.41, 5.74) is 1.15. The SMILES string of the molecule is OC(CNCCC1CCC1)COCc1ccccc1. The van der Waals surface area contributed by atoms with Crippen molar-refractivity contribution in [2.75, 3.05) is 19.7 Å². The molecule has 1 saturated carbocycles. The molecule has 2 rings (SSSR count). The van der Waals surface area contributed by atoms with Gasteiger partial charge in [0.2, 0.25) is 0 Å². The molecule has 1 aliphatic rings. The summed E-state index contributed by atoms with van der Waals surface area (Å²) in [6.45, 7) is 2.60. The van der Waals surface area contributed by atoms with Crippen LogP contribution in [0.15, 0.2) is 30.3 Å². The summed E-state index contributed by atoms with van der Waals surface area (Å²) in [7, 11) is 0. The molecule has 3 heteroatoms. The number of benzene rings is 1. The third-order valence-electron chi connectivity index (χ3n) is 3.76. The van der Waals surface area contributed by atoms with Crippen LogP contribution in [0.1, 0.15) is 31.2 Å². The first-order chi connectivity index (χ1) is 9.34. The van der Waals surface area contributed by atoms with Crippen molar-refractivity contribution in [2.24, 2.45) is 5.92 Å². The zero-order chi connectivity index (χ0) is 13.3. The Morgan fingerprint density at radius 3 is 2.74 bits per heavy atom. The van der Waals surface area contributed by atoms with E-state index in [2.05, 4.69) is 5.32 Å².